The van der Waals surface area contributed by atoms with E-state index in [2.05, 4.69) is 6.92 Å². The van der Waals surface area contributed by atoms with Crippen LogP contribution in [0.25, 0.3) is 6.08 Å². The van der Waals surface area contributed by atoms with Gasteiger partial charge in [-0.15, -0.1) is 0 Å². The van der Waals surface area contributed by atoms with Crippen molar-refractivity contribution in [3.05, 3.63) is 35.9 Å². The predicted molar refractivity (Wildman–Crippen MR) is 155 cm³/mol. The largest absolute Gasteiger partial charge is 0.508 e. The minimum Gasteiger partial charge on any atom is -0.508 e. The summed E-state index contributed by atoms with van der Waals surface area (Å²) in [5.41, 5.74) is 0.870. The third-order valence-corrected chi connectivity index (χ3v) is 7.05. The molecule has 1 aromatic carbocycles. The molecule has 206 valence electrons. The van der Waals surface area contributed by atoms with Crippen molar-refractivity contribution in [3.8, 4) is 5.75 Å². The summed E-state index contributed by atoms with van der Waals surface area (Å²) in [5.74, 6) is -0.0775. The van der Waals surface area contributed by atoms with E-state index in [9.17, 15) is 9.90 Å². The average molecular weight is 501 g/mol. The lowest BCUT2D eigenvalue weighted by atomic mass is 10.0. The molecule has 0 aliphatic carbocycles. The number of unbranched alkanes of at least 4 members (excludes halogenated alkanes) is 21. The van der Waals surface area contributed by atoms with E-state index in [1.807, 2.05) is 0 Å². The molecule has 3 nitrogen and oxygen atoms in total. The lowest BCUT2D eigenvalue weighted by molar-refractivity contribution is -0.137. The van der Waals surface area contributed by atoms with E-state index in [4.69, 9.17) is 4.74 Å². The van der Waals surface area contributed by atoms with E-state index in [0.29, 0.717) is 6.61 Å². The highest BCUT2D eigenvalue weighted by Gasteiger charge is 1.99. The normalized spacial score (nSPS) is 11.4. The molecular weight excluding hydrogens is 444 g/mol. The van der Waals surface area contributed by atoms with Gasteiger partial charge in [-0.25, -0.2) is 4.79 Å². The fourth-order valence-corrected chi connectivity index (χ4v) is 4.68. The molecule has 0 unspecified atom stereocenters. The smallest absolute Gasteiger partial charge is 0.330 e. The second kappa shape index (κ2) is 24.9. The molecule has 1 rings (SSSR count). The lowest BCUT2D eigenvalue weighted by Crippen LogP contribution is -2.02. The van der Waals surface area contributed by atoms with Crippen molar-refractivity contribution in [2.45, 2.75) is 148 Å². The summed E-state index contributed by atoms with van der Waals surface area (Å²) in [6.45, 7) is 2.79. The fraction of sp³-hybridized carbons (Fsp3) is 0.727. The summed E-state index contributed by atoms with van der Waals surface area (Å²) >= 11 is 0. The minimum atomic E-state index is -0.299. The summed E-state index contributed by atoms with van der Waals surface area (Å²) in [5, 5.41) is 9.26. The first-order valence-corrected chi connectivity index (χ1v) is 15.4. The Bertz CT molecular complexity index is 635. The van der Waals surface area contributed by atoms with Crippen LogP contribution in [0, 0.1) is 0 Å². The van der Waals surface area contributed by atoms with Crippen LogP contribution in [-0.2, 0) is 9.53 Å². The Balaban J connectivity index is 1.73. The summed E-state index contributed by atoms with van der Waals surface area (Å²) in [6, 6.07) is 6.73. The molecule has 0 aromatic heterocycles. The van der Waals surface area contributed by atoms with Gasteiger partial charge in [0.25, 0.3) is 0 Å². The first-order valence-electron chi connectivity index (χ1n) is 15.4. The standard InChI is InChI=1S/C33H56O3/c1-2-3-4-5-6-7-8-9-10-11-12-13-14-15-16-17-18-19-20-21-22-23-30-36-33(35)29-26-31-24-27-32(34)28-25-31/h24-29,34H,2-23,30H2,1H3. The quantitative estimate of drug-likeness (QED) is 0.0825. The molecule has 0 saturated heterocycles. The number of ether oxygens (including phenoxy) is 1. The molecule has 0 bridgehead atoms. The highest BCUT2D eigenvalue weighted by atomic mass is 16.5. The van der Waals surface area contributed by atoms with E-state index >= 15 is 0 Å². The van der Waals surface area contributed by atoms with Crippen LogP contribution in [0.3, 0.4) is 0 Å². The maximum atomic E-state index is 11.7. The van der Waals surface area contributed by atoms with Crippen molar-refractivity contribution < 1.29 is 14.6 Å². The average Bonchev–Trinajstić information content (AvgIpc) is 2.88. The molecule has 0 heterocycles. The van der Waals surface area contributed by atoms with Crippen molar-refractivity contribution >= 4 is 12.0 Å². The number of phenols is 1. The molecule has 0 fully saturated rings. The molecule has 0 aliphatic rings. The summed E-state index contributed by atoms with van der Waals surface area (Å²) in [4.78, 5) is 11.7. The molecular formula is C33H56O3. The number of esters is 1. The van der Waals surface area contributed by atoms with E-state index < -0.39 is 0 Å². The Morgan fingerprint density at radius 1 is 0.611 bits per heavy atom. The molecule has 3 heteroatoms. The number of hydrogen-bond acceptors (Lipinski definition) is 3. The maximum Gasteiger partial charge on any atom is 0.330 e. The highest BCUT2D eigenvalue weighted by Crippen LogP contribution is 2.15. The van der Waals surface area contributed by atoms with Crippen LogP contribution >= 0.6 is 0 Å². The lowest BCUT2D eigenvalue weighted by Gasteiger charge is -2.04. The van der Waals surface area contributed by atoms with Gasteiger partial charge in [-0.05, 0) is 30.2 Å². The Kier molecular flexibility index (Phi) is 22.3. The van der Waals surface area contributed by atoms with Crippen LogP contribution in [0.2, 0.25) is 0 Å². The van der Waals surface area contributed by atoms with Crippen molar-refractivity contribution in [1.82, 2.24) is 0 Å². The Labute approximate surface area is 223 Å². The predicted octanol–water partition coefficient (Wildman–Crippen LogP) is 10.6. The SMILES string of the molecule is CCCCCCCCCCCCCCCCCCCCCCCCOC(=O)C=Cc1ccc(O)cc1. The van der Waals surface area contributed by atoms with Crippen LogP contribution in [-0.4, -0.2) is 17.7 Å². The number of aromatic hydroxyl groups is 1. The second-order valence-electron chi connectivity index (χ2n) is 10.5. The zero-order valence-corrected chi connectivity index (χ0v) is 23.5. The van der Waals surface area contributed by atoms with Gasteiger partial charge in [0.1, 0.15) is 5.75 Å². The van der Waals surface area contributed by atoms with Gasteiger partial charge in [-0.3, -0.25) is 0 Å². The Morgan fingerprint density at radius 3 is 1.36 bits per heavy atom. The molecule has 0 aliphatic heterocycles. The van der Waals surface area contributed by atoms with Crippen molar-refractivity contribution in [1.29, 1.82) is 0 Å². The van der Waals surface area contributed by atoms with Crippen LogP contribution in [0.5, 0.6) is 5.75 Å². The Hall–Kier alpha value is -1.77. The van der Waals surface area contributed by atoms with Gasteiger partial charge >= 0.3 is 5.97 Å². The molecule has 0 atom stereocenters. The molecule has 36 heavy (non-hydrogen) atoms. The highest BCUT2D eigenvalue weighted by molar-refractivity contribution is 5.87. The van der Waals surface area contributed by atoms with Gasteiger partial charge in [0.05, 0.1) is 6.61 Å². The van der Waals surface area contributed by atoms with Gasteiger partial charge in [-0.2, -0.15) is 0 Å². The number of carbonyl (C=O) groups is 1. The number of phenolic OH excluding ortho intramolecular Hbond substituents is 1. The van der Waals surface area contributed by atoms with Gasteiger partial charge in [-0.1, -0.05) is 154 Å². The van der Waals surface area contributed by atoms with Crippen LogP contribution in [0.1, 0.15) is 154 Å². The molecule has 1 aromatic rings. The topological polar surface area (TPSA) is 46.5 Å². The third kappa shape index (κ3) is 21.5. The third-order valence-electron chi connectivity index (χ3n) is 7.05. The van der Waals surface area contributed by atoms with Gasteiger partial charge in [0, 0.05) is 6.08 Å². The maximum absolute atomic E-state index is 11.7. The minimum absolute atomic E-state index is 0.222. The number of hydrogen-bond donors (Lipinski definition) is 1. The summed E-state index contributed by atoms with van der Waals surface area (Å²) in [7, 11) is 0. The molecule has 1 N–H and O–H groups in total. The zero-order chi connectivity index (χ0) is 25.9. The van der Waals surface area contributed by atoms with Gasteiger partial charge in [0.2, 0.25) is 0 Å². The first-order chi connectivity index (χ1) is 17.7. The molecule has 0 amide bonds. The van der Waals surface area contributed by atoms with Crippen molar-refractivity contribution in [2.75, 3.05) is 6.61 Å². The first kappa shape index (κ1) is 32.3. The summed E-state index contributed by atoms with van der Waals surface area (Å²) < 4.78 is 5.26. The van der Waals surface area contributed by atoms with E-state index in [1.54, 1.807) is 30.3 Å². The molecule has 0 saturated carbocycles. The van der Waals surface area contributed by atoms with E-state index in [-0.39, 0.29) is 11.7 Å². The number of carbonyl (C=O) groups excluding carboxylic acids is 1. The van der Waals surface area contributed by atoms with Crippen LogP contribution in [0.4, 0.5) is 0 Å². The number of benzene rings is 1. The van der Waals surface area contributed by atoms with Crippen molar-refractivity contribution in [3.63, 3.8) is 0 Å². The second-order valence-corrected chi connectivity index (χ2v) is 10.5. The van der Waals surface area contributed by atoms with E-state index in [0.717, 1.165) is 18.4 Å². The zero-order valence-electron chi connectivity index (χ0n) is 23.5. The van der Waals surface area contributed by atoms with Crippen LogP contribution < -0.4 is 0 Å². The van der Waals surface area contributed by atoms with Crippen LogP contribution in [0.15, 0.2) is 30.3 Å². The number of rotatable bonds is 25. The summed E-state index contributed by atoms with van der Waals surface area (Å²) in [6.07, 6.45) is 33.4. The van der Waals surface area contributed by atoms with E-state index in [1.165, 1.54) is 134 Å². The van der Waals surface area contributed by atoms with Gasteiger partial charge in [0.15, 0.2) is 0 Å². The molecule has 0 radical (unpaired) electrons. The van der Waals surface area contributed by atoms with Crippen molar-refractivity contribution in [2.24, 2.45) is 0 Å². The monoisotopic (exact) mass is 500 g/mol. The Morgan fingerprint density at radius 2 is 0.972 bits per heavy atom. The molecule has 0 spiro atoms. The fourth-order valence-electron chi connectivity index (χ4n) is 4.68. The van der Waals surface area contributed by atoms with Gasteiger partial charge < -0.3 is 9.84 Å².